The van der Waals surface area contributed by atoms with E-state index in [-0.39, 0.29) is 17.5 Å². The number of nitrogens with zero attached hydrogens (tertiary/aromatic N) is 1. The second-order valence-electron chi connectivity index (χ2n) is 3.59. The zero-order chi connectivity index (χ0) is 9.23. The molecule has 0 aliphatic heterocycles. The molecule has 11 heavy (non-hydrogen) atoms. The lowest BCUT2D eigenvalue weighted by atomic mass is 10.1. The molecule has 0 bridgehead atoms. The number of hydrogen-bond donors (Lipinski definition) is 2. The smallest absolute Gasteiger partial charge is 0.235 e. The van der Waals surface area contributed by atoms with Crippen molar-refractivity contribution in [1.29, 1.82) is 0 Å². The topological polar surface area (TPSA) is 46.3 Å². The molecule has 66 valence electrons. The molecule has 0 rings (SSSR count). The highest BCUT2D eigenvalue weighted by molar-refractivity contribution is 7.77. The minimum atomic E-state index is -0.352. The highest BCUT2D eigenvalue weighted by atomic mass is 32.1. The molecule has 0 aromatic carbocycles. The summed E-state index contributed by atoms with van der Waals surface area (Å²) < 4.78 is 1.65. The first kappa shape index (κ1) is 10.8. The predicted octanol–water partition coefficient (Wildman–Crippen LogP) is 0.805. The molecule has 0 aliphatic rings. The van der Waals surface area contributed by atoms with Crippen molar-refractivity contribution in [1.82, 2.24) is 4.31 Å². The third-order valence-corrected chi connectivity index (χ3v) is 2.41. The molecule has 0 saturated heterocycles. The van der Waals surface area contributed by atoms with Crippen LogP contribution in [0.15, 0.2) is 0 Å². The maximum Gasteiger partial charge on any atom is 0.235 e. The van der Waals surface area contributed by atoms with Crippen LogP contribution in [0.4, 0.5) is 0 Å². The number of primary amides is 1. The Labute approximate surface area is 73.5 Å². The summed E-state index contributed by atoms with van der Waals surface area (Å²) >= 11 is 4.18. The largest absolute Gasteiger partial charge is 0.368 e. The molecule has 0 aromatic rings. The first-order valence-electron chi connectivity index (χ1n) is 3.54. The Bertz CT molecular complexity index is 153. The van der Waals surface area contributed by atoms with Gasteiger partial charge in [0, 0.05) is 5.54 Å². The maximum absolute atomic E-state index is 10.7. The standard InChI is InChI=1S/C7H16N2OS/c1-5(6(8)10)9(11)7(2,3)4/h5,11H,1-4H3,(H2,8,10). The van der Waals surface area contributed by atoms with Crippen molar-refractivity contribution in [2.45, 2.75) is 39.3 Å². The number of nitrogens with two attached hydrogens (primary N) is 1. The summed E-state index contributed by atoms with van der Waals surface area (Å²) in [7, 11) is 0. The lowest BCUT2D eigenvalue weighted by Crippen LogP contribution is -2.46. The maximum atomic E-state index is 10.7. The molecule has 0 radical (unpaired) electrons. The molecule has 0 saturated carbocycles. The van der Waals surface area contributed by atoms with Crippen molar-refractivity contribution < 1.29 is 4.79 Å². The van der Waals surface area contributed by atoms with E-state index in [1.165, 1.54) is 0 Å². The average molecular weight is 176 g/mol. The van der Waals surface area contributed by atoms with Crippen molar-refractivity contribution >= 4 is 18.7 Å². The van der Waals surface area contributed by atoms with Gasteiger partial charge in [-0.3, -0.25) is 4.79 Å². The zero-order valence-electron chi connectivity index (χ0n) is 7.46. The summed E-state index contributed by atoms with van der Waals surface area (Å²) in [5.41, 5.74) is 4.96. The van der Waals surface area contributed by atoms with Crippen LogP contribution in [0.5, 0.6) is 0 Å². The van der Waals surface area contributed by atoms with Crippen LogP contribution in [0, 0.1) is 0 Å². The van der Waals surface area contributed by atoms with Crippen molar-refractivity contribution in [3.8, 4) is 0 Å². The Kier molecular flexibility index (Phi) is 3.38. The van der Waals surface area contributed by atoms with Crippen molar-refractivity contribution in [2.24, 2.45) is 5.73 Å². The van der Waals surface area contributed by atoms with E-state index in [2.05, 4.69) is 12.8 Å². The minimum Gasteiger partial charge on any atom is -0.368 e. The van der Waals surface area contributed by atoms with E-state index in [1.54, 1.807) is 11.2 Å². The van der Waals surface area contributed by atoms with Gasteiger partial charge < -0.3 is 5.73 Å². The highest BCUT2D eigenvalue weighted by Crippen LogP contribution is 2.18. The van der Waals surface area contributed by atoms with Gasteiger partial charge in [-0.1, -0.05) is 12.8 Å². The molecule has 0 aromatic heterocycles. The molecule has 4 heteroatoms. The Balaban J connectivity index is 4.25. The molecule has 1 atom stereocenters. The van der Waals surface area contributed by atoms with E-state index in [1.807, 2.05) is 20.8 Å². The molecular formula is C7H16N2OS. The number of carbonyl (C=O) groups excluding carboxylic acids is 1. The van der Waals surface area contributed by atoms with Crippen LogP contribution in [-0.4, -0.2) is 21.8 Å². The normalized spacial score (nSPS) is 15.1. The molecule has 1 unspecified atom stereocenters. The van der Waals surface area contributed by atoms with Crippen LogP contribution in [0.2, 0.25) is 0 Å². The Morgan fingerprint density at radius 3 is 2.00 bits per heavy atom. The van der Waals surface area contributed by atoms with Crippen LogP contribution in [0.3, 0.4) is 0 Å². The molecule has 0 aliphatic carbocycles. The fourth-order valence-corrected chi connectivity index (χ4v) is 0.815. The Morgan fingerprint density at radius 1 is 1.55 bits per heavy atom. The van der Waals surface area contributed by atoms with Gasteiger partial charge in [-0.25, -0.2) is 4.31 Å². The zero-order valence-corrected chi connectivity index (χ0v) is 8.35. The number of thiol groups is 1. The monoisotopic (exact) mass is 176 g/mol. The molecule has 1 amide bonds. The quantitative estimate of drug-likeness (QED) is 0.611. The van der Waals surface area contributed by atoms with E-state index in [0.717, 1.165) is 0 Å². The molecule has 2 N–H and O–H groups in total. The van der Waals surface area contributed by atoms with Gasteiger partial charge in [-0.15, -0.1) is 0 Å². The summed E-state index contributed by atoms with van der Waals surface area (Å²) in [6, 6.07) is -0.335. The number of rotatable bonds is 2. The van der Waals surface area contributed by atoms with Crippen molar-refractivity contribution in [3.63, 3.8) is 0 Å². The van der Waals surface area contributed by atoms with E-state index in [0.29, 0.717) is 0 Å². The second-order valence-corrected chi connectivity index (χ2v) is 4.02. The van der Waals surface area contributed by atoms with Crippen LogP contribution in [-0.2, 0) is 4.79 Å². The first-order valence-corrected chi connectivity index (χ1v) is 3.94. The van der Waals surface area contributed by atoms with Gasteiger partial charge in [-0.2, -0.15) is 0 Å². The molecule has 0 heterocycles. The summed E-state index contributed by atoms with van der Waals surface area (Å²) in [5.74, 6) is -0.352. The van der Waals surface area contributed by atoms with Crippen molar-refractivity contribution in [3.05, 3.63) is 0 Å². The Hall–Kier alpha value is -0.220. The fourth-order valence-electron chi connectivity index (χ4n) is 0.701. The van der Waals surface area contributed by atoms with Gasteiger partial charge in [0.05, 0.1) is 6.04 Å². The third-order valence-electron chi connectivity index (χ3n) is 1.47. The second kappa shape index (κ2) is 3.45. The highest BCUT2D eigenvalue weighted by Gasteiger charge is 2.26. The predicted molar refractivity (Wildman–Crippen MR) is 49.2 cm³/mol. The summed E-state index contributed by atoms with van der Waals surface area (Å²) in [4.78, 5) is 10.7. The lowest BCUT2D eigenvalue weighted by molar-refractivity contribution is -0.121. The van der Waals surface area contributed by atoms with E-state index in [9.17, 15) is 4.79 Å². The molecule has 0 fully saturated rings. The van der Waals surface area contributed by atoms with E-state index in [4.69, 9.17) is 5.73 Å². The van der Waals surface area contributed by atoms with Gasteiger partial charge in [-0.05, 0) is 27.7 Å². The van der Waals surface area contributed by atoms with E-state index >= 15 is 0 Å². The van der Waals surface area contributed by atoms with Crippen LogP contribution < -0.4 is 5.73 Å². The summed E-state index contributed by atoms with van der Waals surface area (Å²) in [6.07, 6.45) is 0. The molecular weight excluding hydrogens is 160 g/mol. The van der Waals surface area contributed by atoms with Gasteiger partial charge >= 0.3 is 0 Å². The average Bonchev–Trinajstić information content (AvgIpc) is 1.82. The molecule has 3 nitrogen and oxygen atoms in total. The van der Waals surface area contributed by atoms with E-state index < -0.39 is 0 Å². The summed E-state index contributed by atoms with van der Waals surface area (Å²) in [6.45, 7) is 7.65. The third kappa shape index (κ3) is 3.12. The number of amides is 1. The van der Waals surface area contributed by atoms with Crippen LogP contribution in [0.25, 0.3) is 0 Å². The lowest BCUT2D eigenvalue weighted by Gasteiger charge is -2.33. The van der Waals surface area contributed by atoms with Crippen molar-refractivity contribution in [2.75, 3.05) is 0 Å². The SMILES string of the molecule is CC(C(N)=O)N(S)C(C)(C)C. The first-order chi connectivity index (χ1) is 4.76. The number of carbonyl (C=O) groups is 1. The molecule has 0 spiro atoms. The van der Waals surface area contributed by atoms with Crippen LogP contribution in [0.1, 0.15) is 27.7 Å². The van der Waals surface area contributed by atoms with Gasteiger partial charge in [0.2, 0.25) is 5.91 Å². The van der Waals surface area contributed by atoms with Crippen LogP contribution >= 0.6 is 12.8 Å². The van der Waals surface area contributed by atoms with Gasteiger partial charge in [0.25, 0.3) is 0 Å². The number of hydrogen-bond acceptors (Lipinski definition) is 3. The van der Waals surface area contributed by atoms with Gasteiger partial charge in [0.15, 0.2) is 0 Å². The Morgan fingerprint density at radius 2 is 1.91 bits per heavy atom. The minimum absolute atomic E-state index is 0.141. The summed E-state index contributed by atoms with van der Waals surface area (Å²) in [5, 5.41) is 0. The fraction of sp³-hybridized carbons (Fsp3) is 0.857. The van der Waals surface area contributed by atoms with Gasteiger partial charge in [0.1, 0.15) is 0 Å².